The molecule has 0 aliphatic heterocycles. The molecule has 20 heavy (non-hydrogen) atoms. The average Bonchev–Trinajstić information content (AvgIpc) is 3.27. The molecule has 0 radical (unpaired) electrons. The van der Waals surface area contributed by atoms with Crippen molar-refractivity contribution in [2.75, 3.05) is 24.5 Å². The van der Waals surface area contributed by atoms with Gasteiger partial charge in [-0.05, 0) is 57.7 Å². The van der Waals surface area contributed by atoms with E-state index in [4.69, 9.17) is 0 Å². The van der Waals surface area contributed by atoms with Crippen LogP contribution < -0.4 is 10.2 Å². The summed E-state index contributed by atoms with van der Waals surface area (Å²) in [5.41, 5.74) is 2.80. The van der Waals surface area contributed by atoms with Gasteiger partial charge in [-0.3, -0.25) is 0 Å². The molecule has 2 nitrogen and oxygen atoms in total. The van der Waals surface area contributed by atoms with Crippen LogP contribution in [0.3, 0.4) is 0 Å². The predicted octanol–water partition coefficient (Wildman–Crippen LogP) is 4.13. The normalized spacial score (nSPS) is 14.5. The van der Waals surface area contributed by atoms with Crippen molar-refractivity contribution in [3.63, 3.8) is 0 Å². The van der Waals surface area contributed by atoms with E-state index in [1.165, 1.54) is 62.9 Å². The Labute approximate surface area is 124 Å². The van der Waals surface area contributed by atoms with E-state index in [2.05, 4.69) is 48.3 Å². The summed E-state index contributed by atoms with van der Waals surface area (Å²) in [6.45, 7) is 7.99. The van der Waals surface area contributed by atoms with Crippen LogP contribution in [0.1, 0.15) is 51.0 Å². The Kier molecular flexibility index (Phi) is 6.38. The molecule has 112 valence electrons. The van der Waals surface area contributed by atoms with E-state index in [0.717, 1.165) is 12.6 Å². The summed E-state index contributed by atoms with van der Waals surface area (Å²) in [6, 6.07) is 9.60. The van der Waals surface area contributed by atoms with Gasteiger partial charge in [-0.25, -0.2) is 0 Å². The molecule has 0 saturated heterocycles. The molecule has 1 aliphatic rings. The molecular formula is C18H30N2. The number of unbranched alkanes of at least 4 members (excludes halogenated alkanes) is 3. The van der Waals surface area contributed by atoms with Crippen molar-refractivity contribution in [2.24, 2.45) is 0 Å². The van der Waals surface area contributed by atoms with E-state index >= 15 is 0 Å². The number of anilines is 1. The number of nitrogens with one attached hydrogen (secondary N) is 1. The van der Waals surface area contributed by atoms with Crippen molar-refractivity contribution < 1.29 is 0 Å². The molecular weight excluding hydrogens is 244 g/mol. The molecule has 0 amide bonds. The fourth-order valence-corrected chi connectivity index (χ4v) is 2.74. The van der Waals surface area contributed by atoms with E-state index < -0.39 is 0 Å². The van der Waals surface area contributed by atoms with Gasteiger partial charge >= 0.3 is 0 Å². The van der Waals surface area contributed by atoms with Gasteiger partial charge in [0.05, 0.1) is 0 Å². The van der Waals surface area contributed by atoms with Crippen LogP contribution in [0.5, 0.6) is 0 Å². The summed E-state index contributed by atoms with van der Waals surface area (Å²) in [5.74, 6) is 0. The topological polar surface area (TPSA) is 15.3 Å². The highest BCUT2D eigenvalue weighted by atomic mass is 15.1. The number of para-hydroxylation sites is 1. The summed E-state index contributed by atoms with van der Waals surface area (Å²) in [6.07, 6.45) is 8.18. The molecule has 2 rings (SSSR count). The maximum absolute atomic E-state index is 3.59. The van der Waals surface area contributed by atoms with Crippen LogP contribution >= 0.6 is 0 Å². The van der Waals surface area contributed by atoms with Crippen molar-refractivity contribution in [1.82, 2.24) is 5.32 Å². The number of nitrogens with zero attached hydrogens (tertiary/aromatic N) is 1. The van der Waals surface area contributed by atoms with Gasteiger partial charge in [0, 0.05) is 24.8 Å². The molecule has 0 bridgehead atoms. The summed E-state index contributed by atoms with van der Waals surface area (Å²) in [5, 5.41) is 3.59. The molecule has 1 aliphatic carbocycles. The minimum absolute atomic E-state index is 0.867. The highest BCUT2D eigenvalue weighted by molar-refractivity contribution is 5.52. The van der Waals surface area contributed by atoms with Gasteiger partial charge in [0.15, 0.2) is 0 Å². The van der Waals surface area contributed by atoms with Crippen LogP contribution in [0.2, 0.25) is 0 Å². The van der Waals surface area contributed by atoms with Gasteiger partial charge in [0.25, 0.3) is 0 Å². The monoisotopic (exact) mass is 274 g/mol. The molecule has 0 aromatic heterocycles. The molecule has 1 N–H and O–H groups in total. The van der Waals surface area contributed by atoms with E-state index in [1.807, 2.05) is 0 Å². The standard InChI is InChI=1S/C18H30N2/c1-3-20(18-11-7-6-10-16(18)2)15-9-5-4-8-14-19-17-12-13-17/h6-7,10-11,17,19H,3-5,8-9,12-15H2,1-2H3. The minimum Gasteiger partial charge on any atom is -0.372 e. The Morgan fingerprint density at radius 3 is 2.55 bits per heavy atom. The maximum Gasteiger partial charge on any atom is 0.0395 e. The third-order valence-corrected chi connectivity index (χ3v) is 4.20. The molecule has 0 spiro atoms. The fourth-order valence-electron chi connectivity index (χ4n) is 2.74. The van der Waals surface area contributed by atoms with E-state index in [9.17, 15) is 0 Å². The van der Waals surface area contributed by atoms with Gasteiger partial charge in [0.2, 0.25) is 0 Å². The second-order valence-electron chi connectivity index (χ2n) is 6.01. The van der Waals surface area contributed by atoms with Gasteiger partial charge in [-0.1, -0.05) is 31.0 Å². The van der Waals surface area contributed by atoms with Crippen molar-refractivity contribution in [3.05, 3.63) is 29.8 Å². The van der Waals surface area contributed by atoms with Crippen molar-refractivity contribution in [3.8, 4) is 0 Å². The van der Waals surface area contributed by atoms with Crippen LogP contribution in [0.25, 0.3) is 0 Å². The van der Waals surface area contributed by atoms with Crippen molar-refractivity contribution >= 4 is 5.69 Å². The van der Waals surface area contributed by atoms with Gasteiger partial charge < -0.3 is 10.2 Å². The lowest BCUT2D eigenvalue weighted by molar-refractivity contribution is 0.581. The minimum atomic E-state index is 0.867. The number of rotatable bonds is 10. The summed E-state index contributed by atoms with van der Waals surface area (Å²) < 4.78 is 0. The number of hydrogen-bond acceptors (Lipinski definition) is 2. The number of benzene rings is 1. The Morgan fingerprint density at radius 1 is 1.10 bits per heavy atom. The molecule has 1 saturated carbocycles. The highest BCUT2D eigenvalue weighted by Gasteiger charge is 2.19. The Morgan fingerprint density at radius 2 is 1.85 bits per heavy atom. The third-order valence-electron chi connectivity index (χ3n) is 4.20. The highest BCUT2D eigenvalue weighted by Crippen LogP contribution is 2.20. The zero-order valence-corrected chi connectivity index (χ0v) is 13.2. The van der Waals surface area contributed by atoms with E-state index in [0.29, 0.717) is 0 Å². The molecule has 2 heteroatoms. The van der Waals surface area contributed by atoms with Gasteiger partial charge in [0.1, 0.15) is 0 Å². The first kappa shape index (κ1) is 15.4. The smallest absolute Gasteiger partial charge is 0.0395 e. The van der Waals surface area contributed by atoms with Crippen LogP contribution in [-0.2, 0) is 0 Å². The summed E-state index contributed by atoms with van der Waals surface area (Å²) in [7, 11) is 0. The Hall–Kier alpha value is -1.02. The molecule has 1 aromatic carbocycles. The lowest BCUT2D eigenvalue weighted by Gasteiger charge is -2.25. The van der Waals surface area contributed by atoms with Crippen molar-refractivity contribution in [2.45, 2.75) is 58.4 Å². The van der Waals surface area contributed by atoms with Crippen LogP contribution in [0, 0.1) is 6.92 Å². The van der Waals surface area contributed by atoms with E-state index in [-0.39, 0.29) is 0 Å². The lowest BCUT2D eigenvalue weighted by Crippen LogP contribution is -2.24. The maximum atomic E-state index is 3.59. The van der Waals surface area contributed by atoms with Crippen LogP contribution in [-0.4, -0.2) is 25.7 Å². The second kappa shape index (κ2) is 8.31. The molecule has 1 fully saturated rings. The SMILES string of the molecule is CCN(CCCCCCNC1CC1)c1ccccc1C. The second-order valence-corrected chi connectivity index (χ2v) is 6.01. The summed E-state index contributed by atoms with van der Waals surface area (Å²) >= 11 is 0. The third kappa shape index (κ3) is 5.16. The quantitative estimate of drug-likeness (QED) is 0.645. The van der Waals surface area contributed by atoms with Gasteiger partial charge in [-0.15, -0.1) is 0 Å². The first-order chi connectivity index (χ1) is 9.81. The zero-order chi connectivity index (χ0) is 14.2. The summed E-state index contributed by atoms with van der Waals surface area (Å²) in [4.78, 5) is 2.51. The fraction of sp³-hybridized carbons (Fsp3) is 0.667. The van der Waals surface area contributed by atoms with Crippen molar-refractivity contribution in [1.29, 1.82) is 0 Å². The molecule has 1 aromatic rings. The first-order valence-electron chi connectivity index (χ1n) is 8.35. The predicted molar refractivity (Wildman–Crippen MR) is 88.6 cm³/mol. The Bertz CT molecular complexity index is 385. The first-order valence-corrected chi connectivity index (χ1v) is 8.35. The van der Waals surface area contributed by atoms with E-state index in [1.54, 1.807) is 0 Å². The zero-order valence-electron chi connectivity index (χ0n) is 13.2. The number of aryl methyl sites for hydroxylation is 1. The van der Waals surface area contributed by atoms with Crippen LogP contribution in [0.4, 0.5) is 5.69 Å². The molecule has 0 heterocycles. The van der Waals surface area contributed by atoms with Gasteiger partial charge in [-0.2, -0.15) is 0 Å². The van der Waals surface area contributed by atoms with Crippen LogP contribution in [0.15, 0.2) is 24.3 Å². The number of hydrogen-bond donors (Lipinski definition) is 1. The lowest BCUT2D eigenvalue weighted by atomic mass is 10.1. The average molecular weight is 274 g/mol. The Balaban J connectivity index is 1.59. The largest absolute Gasteiger partial charge is 0.372 e. The molecule has 0 unspecified atom stereocenters. The molecule has 0 atom stereocenters.